The summed E-state index contributed by atoms with van der Waals surface area (Å²) in [4.78, 5) is 16.0. The van der Waals surface area contributed by atoms with Gasteiger partial charge in [-0.3, -0.25) is 9.79 Å². The number of hydrogen-bond acceptors (Lipinski definition) is 4. The molecule has 23 heavy (non-hydrogen) atoms. The van der Waals surface area contributed by atoms with Crippen molar-refractivity contribution in [1.82, 2.24) is 10.6 Å². The number of nitrogens with zero attached hydrogens (tertiary/aromatic N) is 1. The summed E-state index contributed by atoms with van der Waals surface area (Å²) in [5.41, 5.74) is 7.88. The largest absolute Gasteiger partial charge is 0.403 e. The number of allylic oxidation sites excluding steroid dienone is 1. The first kappa shape index (κ1) is 15.7. The minimum Gasteiger partial charge on any atom is -0.403 e. The molecule has 2 aliphatic carbocycles. The van der Waals surface area contributed by atoms with Crippen molar-refractivity contribution in [1.29, 1.82) is 0 Å². The van der Waals surface area contributed by atoms with Gasteiger partial charge in [-0.25, -0.2) is 0 Å². The van der Waals surface area contributed by atoms with Gasteiger partial charge in [0, 0.05) is 37.0 Å². The van der Waals surface area contributed by atoms with Crippen LogP contribution in [0, 0.1) is 5.92 Å². The van der Waals surface area contributed by atoms with Crippen molar-refractivity contribution >= 4 is 12.1 Å². The lowest BCUT2D eigenvalue weighted by Crippen LogP contribution is -2.24. The van der Waals surface area contributed by atoms with Crippen LogP contribution in [-0.2, 0) is 0 Å². The highest BCUT2D eigenvalue weighted by molar-refractivity contribution is 5.98. The Morgan fingerprint density at radius 2 is 2.09 bits per heavy atom. The molecule has 122 valence electrons. The van der Waals surface area contributed by atoms with Crippen molar-refractivity contribution < 1.29 is 4.79 Å². The fourth-order valence-electron chi connectivity index (χ4n) is 2.77. The molecule has 0 saturated heterocycles. The zero-order chi connectivity index (χ0) is 16.2. The third kappa shape index (κ3) is 4.20. The monoisotopic (exact) mass is 312 g/mol. The summed E-state index contributed by atoms with van der Waals surface area (Å²) in [5.74, 6) is 1.34. The Morgan fingerprint density at radius 3 is 2.70 bits per heavy atom. The van der Waals surface area contributed by atoms with E-state index in [2.05, 4.69) is 27.8 Å². The van der Waals surface area contributed by atoms with Crippen LogP contribution in [0.25, 0.3) is 0 Å². The highest BCUT2D eigenvalue weighted by Gasteiger charge is 2.38. The molecule has 5 nitrogen and oxygen atoms in total. The van der Waals surface area contributed by atoms with Gasteiger partial charge in [0.15, 0.2) is 0 Å². The molecule has 0 aromatic heterocycles. The molecular weight excluding hydrogens is 288 g/mol. The van der Waals surface area contributed by atoms with Gasteiger partial charge in [-0.15, -0.1) is 0 Å². The normalized spacial score (nSPS) is 24.0. The van der Waals surface area contributed by atoms with E-state index in [1.54, 1.807) is 7.05 Å². The van der Waals surface area contributed by atoms with Crippen LogP contribution in [0.3, 0.4) is 0 Å². The van der Waals surface area contributed by atoms with Crippen LogP contribution >= 0.6 is 0 Å². The Morgan fingerprint density at radius 1 is 1.35 bits per heavy atom. The first-order valence-corrected chi connectivity index (χ1v) is 8.20. The average molecular weight is 312 g/mol. The zero-order valence-electron chi connectivity index (χ0n) is 13.5. The molecule has 2 atom stereocenters. The van der Waals surface area contributed by atoms with Crippen molar-refractivity contribution in [3.8, 4) is 0 Å². The lowest BCUT2D eigenvalue weighted by atomic mass is 10.1. The van der Waals surface area contributed by atoms with Crippen molar-refractivity contribution in [2.75, 3.05) is 13.6 Å². The molecule has 2 saturated carbocycles. The van der Waals surface area contributed by atoms with Gasteiger partial charge in [-0.2, -0.15) is 0 Å². The standard InChI is InChI=1S/C18H24N4O/c1-20-11-15(9-19)22-18(23)14-6-4-13(5-7-14)16-8-17(16)21-10-12-2-3-12/h4-7,9,11-12,16-17,21H,2-3,8,10,19H2,1H3,(H,22,23). The van der Waals surface area contributed by atoms with Gasteiger partial charge < -0.3 is 16.4 Å². The van der Waals surface area contributed by atoms with Crippen LogP contribution < -0.4 is 16.4 Å². The van der Waals surface area contributed by atoms with Crippen LogP contribution in [0.5, 0.6) is 0 Å². The number of benzene rings is 1. The Bertz CT molecular complexity index is 616. The number of carbonyl (C=O) groups is 1. The Kier molecular flexibility index (Phi) is 4.76. The van der Waals surface area contributed by atoms with E-state index >= 15 is 0 Å². The van der Waals surface area contributed by atoms with Crippen molar-refractivity contribution in [2.45, 2.75) is 31.2 Å². The summed E-state index contributed by atoms with van der Waals surface area (Å²) in [7, 11) is 1.63. The molecule has 1 aromatic carbocycles. The topological polar surface area (TPSA) is 79.5 Å². The summed E-state index contributed by atoms with van der Waals surface area (Å²) >= 11 is 0. The Balaban J connectivity index is 1.53. The van der Waals surface area contributed by atoms with Crippen LogP contribution in [0.2, 0.25) is 0 Å². The maximum Gasteiger partial charge on any atom is 0.255 e. The van der Waals surface area contributed by atoms with E-state index in [-0.39, 0.29) is 5.91 Å². The first-order chi connectivity index (χ1) is 11.2. The van der Waals surface area contributed by atoms with E-state index in [1.807, 2.05) is 12.1 Å². The molecular formula is C18H24N4O. The fourth-order valence-corrected chi connectivity index (χ4v) is 2.77. The van der Waals surface area contributed by atoms with E-state index < -0.39 is 0 Å². The van der Waals surface area contributed by atoms with Gasteiger partial charge in [0.2, 0.25) is 0 Å². The third-order valence-electron chi connectivity index (χ3n) is 4.46. The van der Waals surface area contributed by atoms with E-state index in [1.165, 1.54) is 37.2 Å². The lowest BCUT2D eigenvalue weighted by Gasteiger charge is -2.07. The molecule has 3 rings (SSSR count). The summed E-state index contributed by atoms with van der Waals surface area (Å²) < 4.78 is 0. The maximum absolute atomic E-state index is 12.2. The summed E-state index contributed by atoms with van der Waals surface area (Å²) in [5, 5.41) is 6.37. The molecule has 2 aliphatic rings. The highest BCUT2D eigenvalue weighted by atomic mass is 16.1. The predicted octanol–water partition coefficient (Wildman–Crippen LogP) is 1.77. The molecule has 1 amide bonds. The van der Waals surface area contributed by atoms with E-state index in [9.17, 15) is 4.79 Å². The second-order valence-electron chi connectivity index (χ2n) is 6.39. The first-order valence-electron chi connectivity index (χ1n) is 8.20. The number of carbonyl (C=O) groups excluding carboxylic acids is 1. The molecule has 2 fully saturated rings. The minimum absolute atomic E-state index is 0.174. The van der Waals surface area contributed by atoms with Crippen LogP contribution in [0.4, 0.5) is 0 Å². The Hall–Kier alpha value is -2.14. The minimum atomic E-state index is -0.174. The van der Waals surface area contributed by atoms with E-state index in [0.717, 1.165) is 12.5 Å². The zero-order valence-corrected chi connectivity index (χ0v) is 13.5. The fraction of sp³-hybridized carbons (Fsp3) is 0.444. The number of nitrogens with one attached hydrogen (secondary N) is 2. The second-order valence-corrected chi connectivity index (χ2v) is 6.39. The summed E-state index contributed by atoms with van der Waals surface area (Å²) in [6, 6.07) is 8.47. The number of nitrogens with two attached hydrogens (primary N) is 1. The van der Waals surface area contributed by atoms with E-state index in [0.29, 0.717) is 23.2 Å². The predicted molar refractivity (Wildman–Crippen MR) is 92.5 cm³/mol. The highest BCUT2D eigenvalue weighted by Crippen LogP contribution is 2.41. The third-order valence-corrected chi connectivity index (χ3v) is 4.46. The number of rotatable bonds is 7. The van der Waals surface area contributed by atoms with Crippen molar-refractivity contribution in [3.63, 3.8) is 0 Å². The van der Waals surface area contributed by atoms with Gasteiger partial charge in [0.25, 0.3) is 5.91 Å². The second kappa shape index (κ2) is 6.96. The molecule has 0 spiro atoms. The average Bonchev–Trinajstić information content (AvgIpc) is 3.47. The quantitative estimate of drug-likeness (QED) is 0.671. The van der Waals surface area contributed by atoms with Gasteiger partial charge in [0.1, 0.15) is 0 Å². The molecule has 0 aliphatic heterocycles. The van der Waals surface area contributed by atoms with Gasteiger partial charge in [0.05, 0.1) is 5.70 Å². The summed E-state index contributed by atoms with van der Waals surface area (Å²) in [6.07, 6.45) is 6.82. The molecule has 0 heterocycles. The molecule has 2 unspecified atom stereocenters. The molecule has 0 bridgehead atoms. The molecule has 0 radical (unpaired) electrons. The Labute approximate surface area is 137 Å². The van der Waals surface area contributed by atoms with Crippen LogP contribution in [-0.4, -0.2) is 31.8 Å². The molecule has 5 heteroatoms. The SMILES string of the molecule is CN=CC(=CN)NC(=O)c1ccc(C2CC2NCC2CC2)cc1. The van der Waals surface area contributed by atoms with Crippen LogP contribution in [0.1, 0.15) is 41.1 Å². The molecule has 1 aromatic rings. The van der Waals surface area contributed by atoms with Gasteiger partial charge >= 0.3 is 0 Å². The lowest BCUT2D eigenvalue weighted by molar-refractivity contribution is 0.0968. The van der Waals surface area contributed by atoms with Gasteiger partial charge in [-0.05, 0) is 49.4 Å². The summed E-state index contributed by atoms with van der Waals surface area (Å²) in [6.45, 7) is 1.16. The number of aliphatic imine (C=N–C) groups is 1. The maximum atomic E-state index is 12.2. The smallest absolute Gasteiger partial charge is 0.255 e. The van der Waals surface area contributed by atoms with Gasteiger partial charge in [-0.1, -0.05) is 12.1 Å². The number of hydrogen-bond donors (Lipinski definition) is 3. The van der Waals surface area contributed by atoms with Crippen molar-refractivity contribution in [2.24, 2.45) is 16.6 Å². The van der Waals surface area contributed by atoms with Crippen molar-refractivity contribution in [3.05, 3.63) is 47.3 Å². The van der Waals surface area contributed by atoms with E-state index in [4.69, 9.17) is 5.73 Å². The van der Waals surface area contributed by atoms with Crippen LogP contribution in [0.15, 0.2) is 41.2 Å². The number of amides is 1. The molecule has 4 N–H and O–H groups in total.